The van der Waals surface area contributed by atoms with E-state index in [2.05, 4.69) is 22.3 Å². The van der Waals surface area contributed by atoms with Gasteiger partial charge < -0.3 is 14.6 Å². The molecule has 0 unspecified atom stereocenters. The van der Waals surface area contributed by atoms with Gasteiger partial charge in [-0.2, -0.15) is 0 Å². The lowest BCUT2D eigenvalue weighted by atomic mass is 10.0. The molecule has 0 atom stereocenters. The quantitative estimate of drug-likeness (QED) is 0.503. The number of anilines is 2. The van der Waals surface area contributed by atoms with Gasteiger partial charge in [0.1, 0.15) is 11.5 Å². The van der Waals surface area contributed by atoms with Crippen LogP contribution < -0.4 is 10.2 Å². The molecule has 168 valence electrons. The van der Waals surface area contributed by atoms with Crippen molar-refractivity contribution in [1.29, 1.82) is 0 Å². The molecule has 1 fully saturated rings. The highest BCUT2D eigenvalue weighted by Gasteiger charge is 2.39. The van der Waals surface area contributed by atoms with E-state index < -0.39 is 0 Å². The van der Waals surface area contributed by atoms with Gasteiger partial charge in [0, 0.05) is 29.5 Å². The Morgan fingerprint density at radius 3 is 2.27 bits per heavy atom. The Morgan fingerprint density at radius 1 is 0.879 bits per heavy atom. The monoisotopic (exact) mass is 461 g/mol. The maximum absolute atomic E-state index is 13.3. The van der Waals surface area contributed by atoms with Crippen molar-refractivity contribution in [2.45, 2.75) is 25.8 Å². The molecule has 2 amide bonds. The second-order valence-corrected chi connectivity index (χ2v) is 8.69. The number of hydrogen-bond acceptors (Lipinski definition) is 5. The molecule has 5 rings (SSSR count). The van der Waals surface area contributed by atoms with Crippen molar-refractivity contribution in [3.05, 3.63) is 89.0 Å². The van der Waals surface area contributed by atoms with Crippen LogP contribution in [0.3, 0.4) is 0 Å². The number of halogens is 1. The molecule has 1 N–H and O–H groups in total. The van der Waals surface area contributed by atoms with Crippen LogP contribution in [0.25, 0.3) is 5.57 Å². The van der Waals surface area contributed by atoms with Crippen molar-refractivity contribution in [1.82, 2.24) is 4.90 Å². The number of rotatable bonds is 6. The molecule has 3 heterocycles. The molecule has 2 aliphatic heterocycles. The summed E-state index contributed by atoms with van der Waals surface area (Å²) in [6.45, 7) is 2.20. The number of amides is 2. The number of carbonyl (C=O) groups is 2. The third kappa shape index (κ3) is 4.39. The van der Waals surface area contributed by atoms with Gasteiger partial charge >= 0.3 is 0 Å². The van der Waals surface area contributed by atoms with Crippen LogP contribution in [0.5, 0.6) is 0 Å². The number of furan rings is 1. The second-order valence-electron chi connectivity index (χ2n) is 8.25. The predicted molar refractivity (Wildman–Crippen MR) is 129 cm³/mol. The minimum absolute atomic E-state index is 0.0703. The average molecular weight is 462 g/mol. The molecule has 2 aliphatic rings. The average Bonchev–Trinajstić information content (AvgIpc) is 3.44. The van der Waals surface area contributed by atoms with E-state index in [1.165, 1.54) is 36.1 Å². The Balaban J connectivity index is 1.45. The van der Waals surface area contributed by atoms with Crippen LogP contribution in [-0.4, -0.2) is 29.8 Å². The van der Waals surface area contributed by atoms with E-state index in [4.69, 9.17) is 16.0 Å². The topological polar surface area (TPSA) is 65.8 Å². The molecular formula is C26H24ClN3O3. The summed E-state index contributed by atoms with van der Waals surface area (Å²) in [5.41, 5.74) is 3.12. The van der Waals surface area contributed by atoms with Crippen LogP contribution in [-0.2, 0) is 16.1 Å². The minimum atomic E-state index is -0.388. The summed E-state index contributed by atoms with van der Waals surface area (Å²) in [7, 11) is 0. The molecule has 6 nitrogen and oxygen atoms in total. The van der Waals surface area contributed by atoms with Gasteiger partial charge in [0.2, 0.25) is 0 Å². The Bertz CT molecular complexity index is 1180. The summed E-state index contributed by atoms with van der Waals surface area (Å²) >= 11 is 6.04. The maximum atomic E-state index is 13.3. The predicted octanol–water partition coefficient (Wildman–Crippen LogP) is 5.32. The van der Waals surface area contributed by atoms with E-state index in [1.54, 1.807) is 36.4 Å². The summed E-state index contributed by atoms with van der Waals surface area (Å²) in [4.78, 5) is 30.2. The SMILES string of the molecule is O=C1C(Nc2ccc(N3CCCCC3)cc2)=C(c2ccc(Cl)cc2)C(=O)N1Cc1ccco1. The normalized spacial score (nSPS) is 16.6. The van der Waals surface area contributed by atoms with Crippen molar-refractivity contribution >= 4 is 40.4 Å². The first kappa shape index (κ1) is 21.3. The maximum Gasteiger partial charge on any atom is 0.278 e. The van der Waals surface area contributed by atoms with Crippen molar-refractivity contribution in [2.24, 2.45) is 0 Å². The fourth-order valence-corrected chi connectivity index (χ4v) is 4.46. The fraction of sp³-hybridized carbons (Fsp3) is 0.231. The van der Waals surface area contributed by atoms with E-state index in [1.807, 2.05) is 12.1 Å². The molecule has 0 bridgehead atoms. The zero-order chi connectivity index (χ0) is 22.8. The second kappa shape index (κ2) is 9.16. The fourth-order valence-electron chi connectivity index (χ4n) is 4.33. The molecule has 1 aromatic heterocycles. The van der Waals surface area contributed by atoms with Gasteiger partial charge in [-0.3, -0.25) is 14.5 Å². The van der Waals surface area contributed by atoms with Crippen LogP contribution in [0.4, 0.5) is 11.4 Å². The first-order valence-corrected chi connectivity index (χ1v) is 11.5. The smallest absolute Gasteiger partial charge is 0.278 e. The van der Waals surface area contributed by atoms with Crippen molar-refractivity contribution < 1.29 is 14.0 Å². The molecule has 0 aliphatic carbocycles. The lowest BCUT2D eigenvalue weighted by Gasteiger charge is -2.28. The zero-order valence-corrected chi connectivity index (χ0v) is 18.8. The van der Waals surface area contributed by atoms with Crippen molar-refractivity contribution in [2.75, 3.05) is 23.3 Å². The molecule has 7 heteroatoms. The van der Waals surface area contributed by atoms with E-state index in [9.17, 15) is 9.59 Å². The Kier molecular flexibility index (Phi) is 5.92. The summed E-state index contributed by atoms with van der Waals surface area (Å²) in [6.07, 6.45) is 5.22. The zero-order valence-electron chi connectivity index (χ0n) is 18.1. The Morgan fingerprint density at radius 2 is 1.61 bits per heavy atom. The standard InChI is InChI=1S/C26H24ClN3O3/c27-19-8-6-18(7-9-19)23-24(26(32)30(25(23)31)17-22-5-4-16-33-22)28-20-10-12-21(13-11-20)29-14-2-1-3-15-29/h4-13,16,28H,1-3,14-15,17H2. The van der Waals surface area contributed by atoms with Gasteiger partial charge in [0.15, 0.2) is 0 Å². The number of nitrogens with one attached hydrogen (secondary N) is 1. The van der Waals surface area contributed by atoms with Gasteiger partial charge in [0.25, 0.3) is 11.8 Å². The van der Waals surface area contributed by atoms with E-state index in [0.29, 0.717) is 21.9 Å². The molecule has 0 spiro atoms. The lowest BCUT2D eigenvalue weighted by Crippen LogP contribution is -2.31. The van der Waals surface area contributed by atoms with Gasteiger partial charge in [-0.05, 0) is 73.4 Å². The van der Waals surface area contributed by atoms with E-state index >= 15 is 0 Å². The van der Waals surface area contributed by atoms with Crippen LogP contribution in [0, 0.1) is 0 Å². The minimum Gasteiger partial charge on any atom is -0.467 e. The van der Waals surface area contributed by atoms with Crippen LogP contribution >= 0.6 is 11.6 Å². The van der Waals surface area contributed by atoms with Crippen LogP contribution in [0.1, 0.15) is 30.6 Å². The molecule has 1 saturated heterocycles. The molecule has 2 aromatic carbocycles. The third-order valence-electron chi connectivity index (χ3n) is 6.05. The number of hydrogen-bond donors (Lipinski definition) is 1. The lowest BCUT2D eigenvalue weighted by molar-refractivity contribution is -0.137. The third-order valence-corrected chi connectivity index (χ3v) is 6.30. The highest BCUT2D eigenvalue weighted by Crippen LogP contribution is 2.32. The molecular weight excluding hydrogens is 438 g/mol. The van der Waals surface area contributed by atoms with Gasteiger partial charge in [-0.1, -0.05) is 23.7 Å². The highest BCUT2D eigenvalue weighted by atomic mass is 35.5. The summed E-state index contributed by atoms with van der Waals surface area (Å²) in [5.74, 6) is -0.216. The molecule has 0 saturated carbocycles. The van der Waals surface area contributed by atoms with Gasteiger partial charge in [-0.25, -0.2) is 0 Å². The summed E-state index contributed by atoms with van der Waals surface area (Å²) in [6, 6.07) is 18.4. The number of piperidine rings is 1. The largest absolute Gasteiger partial charge is 0.467 e. The van der Waals surface area contributed by atoms with Crippen molar-refractivity contribution in [3.63, 3.8) is 0 Å². The summed E-state index contributed by atoms with van der Waals surface area (Å²) in [5, 5.41) is 3.77. The number of carbonyl (C=O) groups excluding carboxylic acids is 2. The van der Waals surface area contributed by atoms with Crippen LogP contribution in [0.15, 0.2) is 77.0 Å². The number of benzene rings is 2. The molecule has 33 heavy (non-hydrogen) atoms. The Labute approximate surface area is 197 Å². The van der Waals surface area contributed by atoms with Gasteiger partial charge in [0.05, 0.1) is 18.4 Å². The summed E-state index contributed by atoms with van der Waals surface area (Å²) < 4.78 is 5.37. The van der Waals surface area contributed by atoms with E-state index in [-0.39, 0.29) is 24.1 Å². The number of imide groups is 1. The number of nitrogens with zero attached hydrogens (tertiary/aromatic N) is 2. The Hall–Kier alpha value is -3.51. The first-order chi connectivity index (χ1) is 16.1. The molecule has 0 radical (unpaired) electrons. The first-order valence-electron chi connectivity index (χ1n) is 11.1. The van der Waals surface area contributed by atoms with Crippen LogP contribution in [0.2, 0.25) is 5.02 Å². The van der Waals surface area contributed by atoms with Crippen molar-refractivity contribution in [3.8, 4) is 0 Å². The molecule has 3 aromatic rings. The van der Waals surface area contributed by atoms with Gasteiger partial charge in [-0.15, -0.1) is 0 Å². The highest BCUT2D eigenvalue weighted by molar-refractivity contribution is 6.36. The van der Waals surface area contributed by atoms with E-state index in [0.717, 1.165) is 18.8 Å².